The molecule has 8 aromatic rings. The second kappa shape index (κ2) is 9.86. The van der Waals surface area contributed by atoms with Gasteiger partial charge in [-0.1, -0.05) is 126 Å². The van der Waals surface area contributed by atoms with E-state index in [0.29, 0.717) is 0 Å². The minimum absolute atomic E-state index is 0.0151. The summed E-state index contributed by atoms with van der Waals surface area (Å²) in [4.78, 5) is 2.55. The standard InChI is InChI=1S/C49H41BN2/c1-28-24-41-46-42(25-28)52-40-17-11-16-36-34-14-9-8-13-33(34)35-15-10-12-29-26-38(47(52)45(43(29)35)44(36)40)50(46)37-27-31(49(5,6)7)20-23-39(37)51(41)32-21-18-30(19-22-32)48(2,3)4/h8-27H,1-7H3. The maximum absolute atomic E-state index is 2.63. The fourth-order valence-electron chi connectivity index (χ4n) is 9.81. The topological polar surface area (TPSA) is 8.17 Å². The Hall–Kier alpha value is -5.54. The Morgan fingerprint density at radius 2 is 1.13 bits per heavy atom. The molecule has 0 atom stereocenters. The monoisotopic (exact) mass is 668 g/mol. The fraction of sp³-hybridized carbons (Fsp3) is 0.184. The Morgan fingerprint density at radius 3 is 1.85 bits per heavy atom. The molecule has 0 fully saturated rings. The van der Waals surface area contributed by atoms with E-state index in [0.717, 1.165) is 0 Å². The van der Waals surface area contributed by atoms with Crippen molar-refractivity contribution in [2.45, 2.75) is 59.3 Å². The molecule has 7 aromatic carbocycles. The maximum Gasteiger partial charge on any atom is 0.252 e. The molecule has 0 saturated carbocycles. The zero-order valence-corrected chi connectivity index (χ0v) is 31.0. The van der Waals surface area contributed by atoms with Gasteiger partial charge in [0.05, 0.1) is 11.0 Å². The molecule has 0 unspecified atom stereocenters. The summed E-state index contributed by atoms with van der Waals surface area (Å²) in [5.74, 6) is 0. The third kappa shape index (κ3) is 3.81. The molecule has 0 spiro atoms. The van der Waals surface area contributed by atoms with Crippen LogP contribution in [0.5, 0.6) is 0 Å². The van der Waals surface area contributed by atoms with Gasteiger partial charge < -0.3 is 9.47 Å². The van der Waals surface area contributed by atoms with Crippen LogP contribution in [-0.2, 0) is 10.8 Å². The molecule has 0 saturated heterocycles. The Balaban J connectivity index is 1.33. The lowest BCUT2D eigenvalue weighted by Gasteiger charge is -2.41. The van der Waals surface area contributed by atoms with Crippen molar-refractivity contribution in [3.8, 4) is 27.9 Å². The van der Waals surface area contributed by atoms with E-state index < -0.39 is 0 Å². The van der Waals surface area contributed by atoms with E-state index in [1.165, 1.54) is 111 Å². The van der Waals surface area contributed by atoms with Gasteiger partial charge in [-0.15, -0.1) is 0 Å². The zero-order valence-electron chi connectivity index (χ0n) is 31.0. The number of benzene rings is 7. The van der Waals surface area contributed by atoms with Crippen molar-refractivity contribution in [1.82, 2.24) is 4.57 Å². The largest absolute Gasteiger partial charge is 0.311 e. The molecule has 0 bridgehead atoms. The smallest absolute Gasteiger partial charge is 0.252 e. The van der Waals surface area contributed by atoms with Crippen LogP contribution in [0.15, 0.2) is 121 Å². The first-order chi connectivity index (χ1) is 25.0. The van der Waals surface area contributed by atoms with Crippen molar-refractivity contribution in [2.24, 2.45) is 0 Å². The first kappa shape index (κ1) is 30.1. The molecule has 0 radical (unpaired) electrons. The van der Waals surface area contributed by atoms with Crippen LogP contribution < -0.4 is 21.3 Å². The molecule has 11 rings (SSSR count). The summed E-state index contributed by atoms with van der Waals surface area (Å²) in [6, 6.07) is 47.0. The minimum Gasteiger partial charge on any atom is -0.311 e. The Kier molecular flexibility index (Phi) is 5.71. The Labute approximate surface area is 306 Å². The summed E-state index contributed by atoms with van der Waals surface area (Å²) in [6.07, 6.45) is 0. The maximum atomic E-state index is 2.63. The van der Waals surface area contributed by atoms with Crippen LogP contribution in [0.4, 0.5) is 17.1 Å². The van der Waals surface area contributed by atoms with Crippen molar-refractivity contribution in [3.63, 3.8) is 0 Å². The van der Waals surface area contributed by atoms with Gasteiger partial charge in [-0.05, 0) is 120 Å². The lowest BCUT2D eigenvalue weighted by atomic mass is 9.33. The van der Waals surface area contributed by atoms with Crippen LogP contribution >= 0.6 is 0 Å². The van der Waals surface area contributed by atoms with E-state index in [9.17, 15) is 0 Å². The lowest BCUT2D eigenvalue weighted by Crippen LogP contribution is -2.60. The summed E-state index contributed by atoms with van der Waals surface area (Å²) in [5.41, 5.74) is 21.3. The third-order valence-corrected chi connectivity index (χ3v) is 12.2. The van der Waals surface area contributed by atoms with Crippen LogP contribution in [0.1, 0.15) is 58.2 Å². The van der Waals surface area contributed by atoms with E-state index in [1.54, 1.807) is 0 Å². The highest BCUT2D eigenvalue weighted by molar-refractivity contribution is 7.00. The summed E-state index contributed by atoms with van der Waals surface area (Å²) < 4.78 is 2.63. The first-order valence-electron chi connectivity index (χ1n) is 18.8. The lowest BCUT2D eigenvalue weighted by molar-refractivity contribution is 0.590. The molecular formula is C49H41BN2. The molecule has 1 aromatic heterocycles. The number of fused-ring (bicyclic) bond motifs is 8. The fourth-order valence-corrected chi connectivity index (χ4v) is 9.81. The minimum atomic E-state index is 0.0151. The van der Waals surface area contributed by atoms with Crippen molar-refractivity contribution in [1.29, 1.82) is 0 Å². The molecule has 2 nitrogen and oxygen atoms in total. The second-order valence-corrected chi connectivity index (χ2v) is 17.5. The summed E-state index contributed by atoms with van der Waals surface area (Å²) >= 11 is 0. The van der Waals surface area contributed by atoms with E-state index >= 15 is 0 Å². The van der Waals surface area contributed by atoms with Gasteiger partial charge in [0.1, 0.15) is 0 Å². The molecule has 3 aliphatic rings. The highest BCUT2D eigenvalue weighted by Gasteiger charge is 2.43. The van der Waals surface area contributed by atoms with Gasteiger partial charge in [-0.3, -0.25) is 0 Å². The van der Waals surface area contributed by atoms with E-state index in [4.69, 9.17) is 0 Å². The Bertz CT molecular complexity index is 2880. The zero-order chi connectivity index (χ0) is 35.4. The van der Waals surface area contributed by atoms with Crippen LogP contribution in [0.3, 0.4) is 0 Å². The number of rotatable bonds is 1. The number of aromatic nitrogens is 1. The average Bonchev–Trinajstić information content (AvgIpc) is 3.41. The first-order valence-corrected chi connectivity index (χ1v) is 18.8. The average molecular weight is 669 g/mol. The van der Waals surface area contributed by atoms with Gasteiger partial charge in [0.2, 0.25) is 0 Å². The van der Waals surface area contributed by atoms with Crippen molar-refractivity contribution in [3.05, 3.63) is 138 Å². The highest BCUT2D eigenvalue weighted by atomic mass is 15.2. The normalized spacial score (nSPS) is 14.0. The molecule has 0 N–H and O–H groups in total. The van der Waals surface area contributed by atoms with Gasteiger partial charge >= 0.3 is 0 Å². The van der Waals surface area contributed by atoms with Gasteiger partial charge in [0.15, 0.2) is 0 Å². The number of aryl methyl sites for hydroxylation is 1. The van der Waals surface area contributed by atoms with Gasteiger partial charge in [-0.25, -0.2) is 0 Å². The number of anilines is 3. The van der Waals surface area contributed by atoms with Crippen LogP contribution in [0, 0.1) is 6.92 Å². The van der Waals surface area contributed by atoms with Crippen LogP contribution in [0.25, 0.3) is 60.5 Å². The van der Waals surface area contributed by atoms with E-state index in [1.807, 2.05) is 0 Å². The highest BCUT2D eigenvalue weighted by Crippen LogP contribution is 2.51. The summed E-state index contributed by atoms with van der Waals surface area (Å²) in [5, 5.41) is 5.46. The SMILES string of the molecule is Cc1cc2c3c(c1)-n1c4cccc5c4c4c6c(cccc6cc(c41)B3c1cc(C(C)(C)C)ccc1N2c1ccc(C(C)(C)C)cc1)-c1ccccc1-5. The second-order valence-electron chi connectivity index (χ2n) is 17.5. The Morgan fingerprint density at radius 1 is 0.500 bits per heavy atom. The molecule has 0 amide bonds. The quantitative estimate of drug-likeness (QED) is 0.158. The molecule has 250 valence electrons. The number of hydrogen-bond donors (Lipinski definition) is 0. The van der Waals surface area contributed by atoms with Gasteiger partial charge in [0.25, 0.3) is 6.71 Å². The molecule has 1 aliphatic carbocycles. The van der Waals surface area contributed by atoms with Crippen molar-refractivity contribution >= 4 is 72.7 Å². The molecular weight excluding hydrogens is 627 g/mol. The van der Waals surface area contributed by atoms with E-state index in [2.05, 4.69) is 179 Å². The van der Waals surface area contributed by atoms with Gasteiger partial charge in [0, 0.05) is 33.5 Å². The molecule has 3 heterocycles. The predicted molar refractivity (Wildman–Crippen MR) is 224 cm³/mol. The third-order valence-electron chi connectivity index (χ3n) is 12.2. The van der Waals surface area contributed by atoms with E-state index in [-0.39, 0.29) is 17.5 Å². The molecule has 3 heteroatoms. The predicted octanol–water partition coefficient (Wildman–Crippen LogP) is 11.1. The van der Waals surface area contributed by atoms with Crippen molar-refractivity contribution in [2.75, 3.05) is 4.90 Å². The van der Waals surface area contributed by atoms with Gasteiger partial charge in [-0.2, -0.15) is 0 Å². The molecule has 52 heavy (non-hydrogen) atoms. The molecule has 2 aliphatic heterocycles. The van der Waals surface area contributed by atoms with Crippen molar-refractivity contribution < 1.29 is 0 Å². The van der Waals surface area contributed by atoms with Crippen LogP contribution in [-0.4, -0.2) is 11.3 Å². The van der Waals surface area contributed by atoms with Crippen LogP contribution in [0.2, 0.25) is 0 Å². The number of nitrogens with zero attached hydrogens (tertiary/aromatic N) is 2. The number of hydrogen-bond acceptors (Lipinski definition) is 1. The summed E-state index contributed by atoms with van der Waals surface area (Å²) in [6.45, 7) is 16.3. The summed E-state index contributed by atoms with van der Waals surface area (Å²) in [7, 11) is 0.